The molecule has 2 atom stereocenters. The molecule has 0 heterocycles. The fraction of sp³-hybridized carbons (Fsp3) is 0.520. The van der Waals surface area contributed by atoms with Crippen molar-refractivity contribution in [3.8, 4) is 0 Å². The summed E-state index contributed by atoms with van der Waals surface area (Å²) in [7, 11) is 0. The van der Waals surface area contributed by atoms with Crippen molar-refractivity contribution in [2.75, 3.05) is 13.1 Å². The van der Waals surface area contributed by atoms with Gasteiger partial charge in [-0.3, -0.25) is 0 Å². The second kappa shape index (κ2) is 14.1. The molecule has 3 nitrogen and oxygen atoms in total. The second-order valence-corrected chi connectivity index (χ2v) is 14.1. The average Bonchev–Trinajstić information content (AvgIpc) is 2.67. The first-order chi connectivity index (χ1) is 14.5. The number of aryl methyl sites for hydroxylation is 3. The maximum absolute atomic E-state index is 6.67. The summed E-state index contributed by atoms with van der Waals surface area (Å²) in [6, 6.07) is 10.7. The molecule has 0 saturated heterocycles. The summed E-state index contributed by atoms with van der Waals surface area (Å²) in [5.74, 6) is 0.880. The number of benzene rings is 2. The van der Waals surface area contributed by atoms with Crippen LogP contribution in [-0.2, 0) is 11.1 Å². The molecule has 2 unspecified atom stereocenters. The Kier molecular flexibility index (Phi) is 13.1. The van der Waals surface area contributed by atoms with Gasteiger partial charge in [-0.15, -0.1) is 13.1 Å². The van der Waals surface area contributed by atoms with Gasteiger partial charge in [0.15, 0.2) is 0 Å². The fourth-order valence-electron chi connectivity index (χ4n) is 4.19. The van der Waals surface area contributed by atoms with Gasteiger partial charge in [0.2, 0.25) is 0 Å². The van der Waals surface area contributed by atoms with Crippen LogP contribution in [0.3, 0.4) is 0 Å². The quantitative estimate of drug-likeness (QED) is 0.328. The Morgan fingerprint density at radius 1 is 0.806 bits per heavy atom. The zero-order chi connectivity index (χ0) is 23.7. The fourth-order valence-corrected chi connectivity index (χ4v) is 4.19. The molecular weight excluding hydrogens is 561 g/mol. The van der Waals surface area contributed by atoms with Gasteiger partial charge in [0.05, 0.1) is 0 Å². The number of nitrogens with zero attached hydrogens (tertiary/aromatic N) is 1. The third-order valence-corrected chi connectivity index (χ3v) is 5.57. The van der Waals surface area contributed by atoms with E-state index in [2.05, 4.69) is 107 Å². The molecule has 4 N–H and O–H groups in total. The summed E-state index contributed by atoms with van der Waals surface area (Å²) in [6.45, 7) is 16.5. The molecule has 0 aliphatic carbocycles. The predicted molar refractivity (Wildman–Crippen MR) is 140 cm³/mol. The van der Waals surface area contributed by atoms with Gasteiger partial charge in [-0.25, -0.2) is 0 Å². The molecule has 0 saturated carbocycles. The van der Waals surface area contributed by atoms with E-state index in [9.17, 15) is 0 Å². The van der Waals surface area contributed by atoms with Gasteiger partial charge < -0.3 is 16.8 Å². The van der Waals surface area contributed by atoms with Crippen LogP contribution >= 0.6 is 28.3 Å². The summed E-state index contributed by atoms with van der Waals surface area (Å²) in [5, 5.41) is 4.78. The molecule has 2 aromatic rings. The molecule has 0 aliphatic rings. The molecule has 0 radical (unpaired) electrons. The number of nitrogens with two attached hydrogens (primary N) is 2. The van der Waals surface area contributed by atoms with E-state index in [1.54, 1.807) is 0 Å². The standard InChI is InChI=1S/C25H38N3.2BrH.Co/c1-15(2)20-11-17(5)12-21(16(3)4)25(20)23(27)14-28-13-22(26)24-18(6)9-8-10-19(24)7;;;/h8-12,15-16,22-23H,13-14,26-27H2,1-7H3;2*1H;/q-1;;;+3/p-2. The number of hydrogen-bond acceptors (Lipinski definition) is 2. The number of rotatable bonds is 8. The zero-order valence-corrected chi connectivity index (χ0v) is 24.0. The molecule has 0 bridgehead atoms. The van der Waals surface area contributed by atoms with Crippen LogP contribution in [0.4, 0.5) is 0 Å². The van der Waals surface area contributed by atoms with Crippen molar-refractivity contribution in [1.82, 2.24) is 0 Å². The van der Waals surface area contributed by atoms with Crippen LogP contribution in [0.1, 0.15) is 90.6 Å². The Balaban J connectivity index is 0.00000151. The topological polar surface area (TPSA) is 66.1 Å². The Morgan fingerprint density at radius 2 is 1.19 bits per heavy atom. The van der Waals surface area contributed by atoms with Gasteiger partial charge in [0.25, 0.3) is 0 Å². The molecule has 0 aromatic heterocycles. The Hall–Kier alpha value is -0.214. The summed E-state index contributed by atoms with van der Waals surface area (Å²) in [5.41, 5.74) is 22.1. The third kappa shape index (κ3) is 8.58. The molecule has 0 aliphatic heterocycles. The SMILES string of the molecule is Cc1cc(C(C)C)c(C(N)C[N-]CC(N)c2c(C)cccc2C)c(C(C)C)c1.[Br][Co+][Br]. The Labute approximate surface area is 210 Å². The average molecular weight is 599 g/mol. The van der Waals surface area contributed by atoms with Crippen molar-refractivity contribution >= 4 is 28.3 Å². The molecule has 6 heteroatoms. The van der Waals surface area contributed by atoms with E-state index in [4.69, 9.17) is 16.8 Å². The normalized spacial score (nSPS) is 13.3. The minimum absolute atomic E-state index is 0.0828. The van der Waals surface area contributed by atoms with Crippen molar-refractivity contribution in [2.45, 2.75) is 72.4 Å². The minimum atomic E-state index is -0.0967. The van der Waals surface area contributed by atoms with Gasteiger partial charge in [-0.05, 0) is 66.0 Å². The van der Waals surface area contributed by atoms with Crippen molar-refractivity contribution in [1.29, 1.82) is 0 Å². The summed E-state index contributed by atoms with van der Waals surface area (Å²) in [6.07, 6.45) is 0. The van der Waals surface area contributed by atoms with Crippen LogP contribution < -0.4 is 11.5 Å². The number of hydrogen-bond donors (Lipinski definition) is 2. The maximum atomic E-state index is 6.67. The molecular formula is C25H38Br2CoN3. The first kappa shape index (κ1) is 28.8. The zero-order valence-electron chi connectivity index (χ0n) is 19.8. The molecule has 0 fully saturated rings. The number of halogens is 2. The first-order valence-corrected chi connectivity index (χ1v) is 15.9. The second-order valence-electron chi connectivity index (χ2n) is 8.82. The van der Waals surface area contributed by atoms with Gasteiger partial charge in [-0.1, -0.05) is 63.6 Å². The van der Waals surface area contributed by atoms with E-state index >= 15 is 0 Å². The molecule has 0 spiro atoms. The van der Waals surface area contributed by atoms with Crippen LogP contribution in [0.2, 0.25) is 0 Å². The van der Waals surface area contributed by atoms with E-state index in [1.807, 2.05) is 0 Å². The first-order valence-electron chi connectivity index (χ1n) is 10.7. The monoisotopic (exact) mass is 597 g/mol. The molecule has 2 aromatic carbocycles. The van der Waals surface area contributed by atoms with Crippen molar-refractivity contribution in [3.05, 3.63) is 74.6 Å². The predicted octanol–water partition coefficient (Wildman–Crippen LogP) is 7.62. The van der Waals surface area contributed by atoms with E-state index in [-0.39, 0.29) is 12.1 Å². The molecule has 176 valence electrons. The Morgan fingerprint density at radius 3 is 1.58 bits per heavy atom. The molecule has 2 rings (SSSR count). The molecule has 31 heavy (non-hydrogen) atoms. The van der Waals surface area contributed by atoms with Crippen LogP contribution in [0.5, 0.6) is 0 Å². The van der Waals surface area contributed by atoms with Crippen LogP contribution in [0.15, 0.2) is 30.3 Å². The van der Waals surface area contributed by atoms with Gasteiger partial charge >= 0.3 is 39.5 Å². The van der Waals surface area contributed by atoms with E-state index in [1.165, 1.54) is 38.9 Å². The summed E-state index contributed by atoms with van der Waals surface area (Å²) >= 11 is 7.12. The van der Waals surface area contributed by atoms with Crippen LogP contribution in [-0.4, -0.2) is 13.1 Å². The Bertz CT molecular complexity index is 775. The van der Waals surface area contributed by atoms with Crippen molar-refractivity contribution in [2.24, 2.45) is 11.5 Å². The van der Waals surface area contributed by atoms with Gasteiger partial charge in [0, 0.05) is 12.1 Å². The summed E-state index contributed by atoms with van der Waals surface area (Å²) in [4.78, 5) is 0. The van der Waals surface area contributed by atoms with E-state index in [0.717, 1.165) is 11.1 Å². The third-order valence-electron chi connectivity index (χ3n) is 5.57. The van der Waals surface area contributed by atoms with Gasteiger partial charge in [-0.2, -0.15) is 0 Å². The van der Waals surface area contributed by atoms with Crippen molar-refractivity contribution < 1.29 is 11.1 Å². The van der Waals surface area contributed by atoms with Gasteiger partial charge in [0.1, 0.15) is 0 Å². The van der Waals surface area contributed by atoms with Crippen LogP contribution in [0.25, 0.3) is 5.32 Å². The van der Waals surface area contributed by atoms with Crippen LogP contribution in [0, 0.1) is 20.8 Å². The van der Waals surface area contributed by atoms with E-state index in [0.29, 0.717) is 24.9 Å². The van der Waals surface area contributed by atoms with E-state index < -0.39 is 0 Å². The van der Waals surface area contributed by atoms with Crippen molar-refractivity contribution in [3.63, 3.8) is 0 Å². The summed E-state index contributed by atoms with van der Waals surface area (Å²) < 4.78 is 0. The molecule has 0 amide bonds.